The van der Waals surface area contributed by atoms with Crippen LogP contribution in [0.5, 0.6) is 0 Å². The van der Waals surface area contributed by atoms with Gasteiger partial charge in [0.25, 0.3) is 5.91 Å². The first kappa shape index (κ1) is 15.8. The van der Waals surface area contributed by atoms with Gasteiger partial charge in [-0.25, -0.2) is 4.39 Å². The summed E-state index contributed by atoms with van der Waals surface area (Å²) in [6.45, 7) is 0.372. The molecule has 2 aromatic rings. The van der Waals surface area contributed by atoms with E-state index in [4.69, 9.17) is 4.74 Å². The monoisotopic (exact) mass is 340 g/mol. The van der Waals surface area contributed by atoms with Crippen molar-refractivity contribution in [1.29, 1.82) is 0 Å². The van der Waals surface area contributed by atoms with Crippen molar-refractivity contribution in [3.8, 4) is 11.1 Å². The number of carbonyl (C=O) groups excluding carboxylic acids is 2. The molecule has 4 rings (SSSR count). The van der Waals surface area contributed by atoms with Crippen molar-refractivity contribution in [2.75, 3.05) is 19.0 Å². The highest BCUT2D eigenvalue weighted by molar-refractivity contribution is 6.10. The Bertz CT molecular complexity index is 867. The first-order valence-corrected chi connectivity index (χ1v) is 8.12. The Morgan fingerprint density at radius 2 is 1.96 bits per heavy atom. The quantitative estimate of drug-likeness (QED) is 0.914. The Balaban J connectivity index is 1.78. The van der Waals surface area contributed by atoms with Crippen LogP contribution >= 0.6 is 0 Å². The Labute approximate surface area is 144 Å². The van der Waals surface area contributed by atoms with Crippen LogP contribution in [0.2, 0.25) is 0 Å². The number of hydrogen-bond acceptors (Lipinski definition) is 3. The van der Waals surface area contributed by atoms with E-state index in [0.29, 0.717) is 35.3 Å². The summed E-state index contributed by atoms with van der Waals surface area (Å²) in [6.07, 6.45) is 0.318. The fourth-order valence-corrected chi connectivity index (χ4v) is 3.51. The lowest BCUT2D eigenvalue weighted by atomic mass is 10.0. The van der Waals surface area contributed by atoms with Gasteiger partial charge < -0.3 is 15.0 Å². The van der Waals surface area contributed by atoms with Crippen molar-refractivity contribution in [3.05, 3.63) is 53.8 Å². The van der Waals surface area contributed by atoms with Crippen molar-refractivity contribution < 1.29 is 18.7 Å². The maximum Gasteiger partial charge on any atom is 0.256 e. The minimum Gasteiger partial charge on any atom is -0.380 e. The molecule has 0 bridgehead atoms. The van der Waals surface area contributed by atoms with Crippen LogP contribution in [0.4, 0.5) is 10.1 Å². The molecule has 6 heteroatoms. The highest BCUT2D eigenvalue weighted by Gasteiger charge is 2.42. The van der Waals surface area contributed by atoms with E-state index in [1.54, 1.807) is 48.4 Å². The van der Waals surface area contributed by atoms with Crippen molar-refractivity contribution in [2.45, 2.75) is 18.6 Å². The molecule has 2 heterocycles. The van der Waals surface area contributed by atoms with Gasteiger partial charge in [-0.15, -0.1) is 0 Å². The summed E-state index contributed by atoms with van der Waals surface area (Å²) in [5, 5.41) is 2.81. The lowest BCUT2D eigenvalue weighted by Crippen LogP contribution is -2.40. The van der Waals surface area contributed by atoms with Crippen LogP contribution in [-0.4, -0.2) is 42.5 Å². The molecule has 0 radical (unpaired) electrons. The number of rotatable bonds is 2. The largest absolute Gasteiger partial charge is 0.380 e. The average molecular weight is 340 g/mol. The van der Waals surface area contributed by atoms with Crippen LogP contribution in [0.1, 0.15) is 16.8 Å². The summed E-state index contributed by atoms with van der Waals surface area (Å²) in [5.41, 5.74) is 1.84. The molecular weight excluding hydrogens is 323 g/mol. The van der Waals surface area contributed by atoms with Crippen LogP contribution in [-0.2, 0) is 9.53 Å². The number of carbonyl (C=O) groups is 2. The normalized spacial score (nSPS) is 22.2. The lowest BCUT2D eigenvalue weighted by molar-refractivity contribution is -0.119. The molecule has 2 aromatic carbocycles. The van der Waals surface area contributed by atoms with Crippen LogP contribution in [0.15, 0.2) is 42.5 Å². The molecule has 2 unspecified atom stereocenters. The van der Waals surface area contributed by atoms with E-state index in [2.05, 4.69) is 5.32 Å². The number of amides is 2. The van der Waals surface area contributed by atoms with Crippen LogP contribution in [0.3, 0.4) is 0 Å². The number of halogens is 1. The van der Waals surface area contributed by atoms with Gasteiger partial charge in [0.05, 0.1) is 17.4 Å². The van der Waals surface area contributed by atoms with Gasteiger partial charge >= 0.3 is 0 Å². The maximum absolute atomic E-state index is 14.1. The Kier molecular flexibility index (Phi) is 3.77. The molecular formula is C19H17FN2O3. The number of nitrogens with zero attached hydrogens (tertiary/aromatic N) is 1. The summed E-state index contributed by atoms with van der Waals surface area (Å²) in [6, 6.07) is 10.9. The highest BCUT2D eigenvalue weighted by atomic mass is 19.1. The molecule has 0 aromatic heterocycles. The molecule has 1 saturated heterocycles. The lowest BCUT2D eigenvalue weighted by Gasteiger charge is -2.20. The van der Waals surface area contributed by atoms with E-state index in [9.17, 15) is 14.0 Å². The number of ether oxygens (including phenoxy) is 1. The Morgan fingerprint density at radius 1 is 1.16 bits per heavy atom. The fraction of sp³-hybridized carbons (Fsp3) is 0.263. The molecule has 2 amide bonds. The molecule has 128 valence electrons. The molecule has 2 atom stereocenters. The van der Waals surface area contributed by atoms with Gasteiger partial charge in [-0.05, 0) is 23.8 Å². The summed E-state index contributed by atoms with van der Waals surface area (Å²) >= 11 is 0. The third-order valence-corrected chi connectivity index (χ3v) is 4.85. The van der Waals surface area contributed by atoms with Crippen LogP contribution in [0.25, 0.3) is 11.1 Å². The molecule has 0 spiro atoms. The second-order valence-corrected chi connectivity index (χ2v) is 6.30. The first-order valence-electron chi connectivity index (χ1n) is 8.12. The van der Waals surface area contributed by atoms with E-state index < -0.39 is 6.04 Å². The smallest absolute Gasteiger partial charge is 0.256 e. The third-order valence-electron chi connectivity index (χ3n) is 4.85. The SMILES string of the molecule is COC1CC2C(=O)Nc3ccc(-c4ccccc4F)cc3C(=O)N2C1. The topological polar surface area (TPSA) is 58.6 Å². The molecule has 0 saturated carbocycles. The van der Waals surface area contributed by atoms with Crippen molar-refractivity contribution in [1.82, 2.24) is 4.90 Å². The van der Waals surface area contributed by atoms with E-state index in [-0.39, 0.29) is 23.7 Å². The Morgan fingerprint density at radius 3 is 2.72 bits per heavy atom. The van der Waals surface area contributed by atoms with Crippen LogP contribution in [0, 0.1) is 5.82 Å². The summed E-state index contributed by atoms with van der Waals surface area (Å²) in [4.78, 5) is 27.0. The zero-order valence-corrected chi connectivity index (χ0v) is 13.7. The van der Waals surface area contributed by atoms with Crippen molar-refractivity contribution >= 4 is 17.5 Å². The van der Waals surface area contributed by atoms with Crippen LogP contribution < -0.4 is 5.32 Å². The fourth-order valence-electron chi connectivity index (χ4n) is 3.51. The number of methoxy groups -OCH3 is 1. The number of nitrogens with one attached hydrogen (secondary N) is 1. The second-order valence-electron chi connectivity index (χ2n) is 6.30. The zero-order valence-electron chi connectivity index (χ0n) is 13.7. The predicted molar refractivity (Wildman–Crippen MR) is 90.7 cm³/mol. The Hall–Kier alpha value is -2.73. The number of benzene rings is 2. The minimum absolute atomic E-state index is 0.156. The number of fused-ring (bicyclic) bond motifs is 2. The van der Waals surface area contributed by atoms with Gasteiger partial charge in [-0.1, -0.05) is 24.3 Å². The molecule has 2 aliphatic rings. The van der Waals surface area contributed by atoms with Crippen molar-refractivity contribution in [2.24, 2.45) is 0 Å². The summed E-state index contributed by atoms with van der Waals surface area (Å²) in [7, 11) is 1.57. The summed E-state index contributed by atoms with van der Waals surface area (Å²) < 4.78 is 19.4. The van der Waals surface area contributed by atoms with E-state index in [1.807, 2.05) is 0 Å². The molecule has 1 fully saturated rings. The van der Waals surface area contributed by atoms with Gasteiger partial charge in [-0.3, -0.25) is 9.59 Å². The number of anilines is 1. The molecule has 5 nitrogen and oxygen atoms in total. The van der Waals surface area contributed by atoms with Gasteiger partial charge in [0.2, 0.25) is 5.91 Å². The van der Waals surface area contributed by atoms with Gasteiger partial charge in [0, 0.05) is 25.6 Å². The molecule has 25 heavy (non-hydrogen) atoms. The molecule has 1 N–H and O–H groups in total. The summed E-state index contributed by atoms with van der Waals surface area (Å²) in [5.74, 6) is -0.813. The first-order chi connectivity index (χ1) is 12.1. The third kappa shape index (κ3) is 2.59. The van der Waals surface area contributed by atoms with Gasteiger partial charge in [-0.2, -0.15) is 0 Å². The predicted octanol–water partition coefficient (Wildman–Crippen LogP) is 2.67. The van der Waals surface area contributed by atoms with E-state index in [1.165, 1.54) is 6.07 Å². The van der Waals surface area contributed by atoms with E-state index >= 15 is 0 Å². The zero-order chi connectivity index (χ0) is 17.6. The van der Waals surface area contributed by atoms with E-state index in [0.717, 1.165) is 0 Å². The standard InChI is InChI=1S/C19H17FN2O3/c1-25-12-9-17-18(23)21-16-7-6-11(13-4-2-3-5-15(13)20)8-14(16)19(24)22(17)10-12/h2-8,12,17H,9-10H2,1H3,(H,21,23). The second kappa shape index (κ2) is 5.97. The minimum atomic E-state index is -0.540. The molecule has 2 aliphatic heterocycles. The highest BCUT2D eigenvalue weighted by Crippen LogP contribution is 2.33. The van der Waals surface area contributed by atoms with Gasteiger partial charge in [0.1, 0.15) is 11.9 Å². The van der Waals surface area contributed by atoms with Crippen molar-refractivity contribution in [3.63, 3.8) is 0 Å². The maximum atomic E-state index is 14.1. The van der Waals surface area contributed by atoms with Gasteiger partial charge in [0.15, 0.2) is 0 Å². The molecule has 0 aliphatic carbocycles. The average Bonchev–Trinajstić information content (AvgIpc) is 3.03. The number of hydrogen-bond donors (Lipinski definition) is 1.